The van der Waals surface area contributed by atoms with Gasteiger partial charge in [-0.3, -0.25) is 4.99 Å². The number of nitrogens with two attached hydrogens (primary N) is 1. The molecule has 16 heavy (non-hydrogen) atoms. The van der Waals surface area contributed by atoms with Crippen LogP contribution >= 0.6 is 24.0 Å². The number of hydrogen-bond acceptors (Lipinski definition) is 2. The molecular formula is C11H24IN3O. The molecule has 0 amide bonds. The van der Waals surface area contributed by atoms with Crippen LogP contribution in [0, 0.1) is 0 Å². The molecule has 0 bridgehead atoms. The van der Waals surface area contributed by atoms with E-state index in [1.807, 2.05) is 6.92 Å². The molecule has 0 aromatic heterocycles. The lowest BCUT2D eigenvalue weighted by Gasteiger charge is -2.23. The van der Waals surface area contributed by atoms with Crippen molar-refractivity contribution in [2.75, 3.05) is 19.8 Å². The van der Waals surface area contributed by atoms with Gasteiger partial charge in [-0.2, -0.15) is 0 Å². The average Bonchev–Trinajstić information content (AvgIpc) is 2.26. The summed E-state index contributed by atoms with van der Waals surface area (Å²) < 4.78 is 5.18. The van der Waals surface area contributed by atoms with E-state index < -0.39 is 0 Å². The van der Waals surface area contributed by atoms with Crippen molar-refractivity contribution >= 4 is 29.9 Å². The van der Waals surface area contributed by atoms with Gasteiger partial charge >= 0.3 is 0 Å². The Bertz CT molecular complexity index is 194. The minimum absolute atomic E-state index is 0. The van der Waals surface area contributed by atoms with Crippen molar-refractivity contribution in [2.24, 2.45) is 10.7 Å². The summed E-state index contributed by atoms with van der Waals surface area (Å²) in [6.45, 7) is 4.03. The van der Waals surface area contributed by atoms with Gasteiger partial charge in [0.15, 0.2) is 5.96 Å². The number of aliphatic imine (C=N–C) groups is 1. The van der Waals surface area contributed by atoms with E-state index >= 15 is 0 Å². The predicted molar refractivity (Wildman–Crippen MR) is 78.4 cm³/mol. The molecule has 0 radical (unpaired) electrons. The molecule has 0 unspecified atom stereocenters. The molecule has 1 rings (SSSR count). The summed E-state index contributed by atoms with van der Waals surface area (Å²) in [5, 5.41) is 3.27. The van der Waals surface area contributed by atoms with Crippen molar-refractivity contribution in [3.8, 4) is 0 Å². The second kappa shape index (κ2) is 10.1. The van der Waals surface area contributed by atoms with Gasteiger partial charge in [0, 0.05) is 12.6 Å². The van der Waals surface area contributed by atoms with Crippen LogP contribution in [0.15, 0.2) is 4.99 Å². The van der Waals surface area contributed by atoms with Crippen molar-refractivity contribution in [1.29, 1.82) is 0 Å². The fourth-order valence-electron chi connectivity index (χ4n) is 1.88. The van der Waals surface area contributed by atoms with Gasteiger partial charge < -0.3 is 15.8 Å². The second-order valence-electron chi connectivity index (χ2n) is 3.94. The Labute approximate surface area is 115 Å². The highest BCUT2D eigenvalue weighted by atomic mass is 127. The molecule has 0 aliphatic heterocycles. The average molecular weight is 341 g/mol. The minimum Gasteiger partial charge on any atom is -0.380 e. The molecular weight excluding hydrogens is 317 g/mol. The zero-order valence-electron chi connectivity index (χ0n) is 10.1. The Balaban J connectivity index is 0.00000225. The Kier molecular flexibility index (Phi) is 10.1. The van der Waals surface area contributed by atoms with Gasteiger partial charge in [0.05, 0.1) is 13.2 Å². The second-order valence-corrected chi connectivity index (χ2v) is 3.94. The number of ether oxygens (including phenoxy) is 1. The Morgan fingerprint density at radius 2 is 2.06 bits per heavy atom. The van der Waals surface area contributed by atoms with Crippen LogP contribution in [0.1, 0.15) is 39.0 Å². The molecule has 5 heteroatoms. The smallest absolute Gasteiger partial charge is 0.188 e. The predicted octanol–water partition coefficient (Wildman–Crippen LogP) is 1.88. The summed E-state index contributed by atoms with van der Waals surface area (Å²) in [6, 6.07) is 0.537. The zero-order valence-corrected chi connectivity index (χ0v) is 12.4. The first-order valence-electron chi connectivity index (χ1n) is 5.97. The number of hydrogen-bond donors (Lipinski definition) is 2. The lowest BCUT2D eigenvalue weighted by atomic mass is 9.96. The maximum Gasteiger partial charge on any atom is 0.188 e. The summed E-state index contributed by atoms with van der Waals surface area (Å²) in [5.41, 5.74) is 5.77. The van der Waals surface area contributed by atoms with Crippen LogP contribution in [0.4, 0.5) is 0 Å². The van der Waals surface area contributed by atoms with Crippen LogP contribution in [0.25, 0.3) is 0 Å². The summed E-state index contributed by atoms with van der Waals surface area (Å²) in [5.74, 6) is 0.571. The highest BCUT2D eigenvalue weighted by Crippen LogP contribution is 2.16. The van der Waals surface area contributed by atoms with Gasteiger partial charge in [0.25, 0.3) is 0 Å². The van der Waals surface area contributed by atoms with Gasteiger partial charge in [-0.15, -0.1) is 24.0 Å². The number of rotatable bonds is 5. The lowest BCUT2D eigenvalue weighted by molar-refractivity contribution is 0.155. The van der Waals surface area contributed by atoms with Gasteiger partial charge in [0.2, 0.25) is 0 Å². The highest BCUT2D eigenvalue weighted by Gasteiger charge is 2.12. The monoisotopic (exact) mass is 341 g/mol. The van der Waals surface area contributed by atoms with E-state index in [9.17, 15) is 0 Å². The Morgan fingerprint density at radius 1 is 1.38 bits per heavy atom. The number of guanidine groups is 1. The minimum atomic E-state index is 0. The Hall–Kier alpha value is -0.0400. The lowest BCUT2D eigenvalue weighted by Crippen LogP contribution is -2.41. The molecule has 0 aromatic carbocycles. The molecule has 0 heterocycles. The molecule has 0 aromatic rings. The molecule has 1 aliphatic rings. The molecule has 4 nitrogen and oxygen atoms in total. The fraction of sp³-hybridized carbons (Fsp3) is 0.909. The van der Waals surface area contributed by atoms with Crippen molar-refractivity contribution in [3.63, 3.8) is 0 Å². The summed E-state index contributed by atoms with van der Waals surface area (Å²) in [4.78, 5) is 4.21. The highest BCUT2D eigenvalue weighted by molar-refractivity contribution is 14.0. The molecule has 0 saturated heterocycles. The number of nitrogens with one attached hydrogen (secondary N) is 1. The van der Waals surface area contributed by atoms with E-state index in [-0.39, 0.29) is 24.0 Å². The SMILES string of the molecule is CCOCCN=C(N)NC1CCCCC1.I. The van der Waals surface area contributed by atoms with Gasteiger partial charge in [-0.1, -0.05) is 19.3 Å². The van der Waals surface area contributed by atoms with Crippen molar-refractivity contribution in [3.05, 3.63) is 0 Å². The van der Waals surface area contributed by atoms with Crippen molar-refractivity contribution < 1.29 is 4.74 Å². The van der Waals surface area contributed by atoms with Crippen LogP contribution in [-0.2, 0) is 4.74 Å². The normalized spacial score (nSPS) is 17.9. The largest absolute Gasteiger partial charge is 0.380 e. The van der Waals surface area contributed by atoms with E-state index in [4.69, 9.17) is 10.5 Å². The third-order valence-electron chi connectivity index (χ3n) is 2.68. The van der Waals surface area contributed by atoms with E-state index in [1.165, 1.54) is 32.1 Å². The molecule has 0 spiro atoms. The van der Waals surface area contributed by atoms with Gasteiger partial charge in [-0.05, 0) is 19.8 Å². The summed E-state index contributed by atoms with van der Waals surface area (Å²) in [7, 11) is 0. The van der Waals surface area contributed by atoms with E-state index in [0.717, 1.165) is 6.61 Å². The van der Waals surface area contributed by atoms with Crippen LogP contribution in [0.2, 0.25) is 0 Å². The first-order chi connectivity index (χ1) is 7.33. The van der Waals surface area contributed by atoms with Crippen molar-refractivity contribution in [1.82, 2.24) is 5.32 Å². The number of halogens is 1. The topological polar surface area (TPSA) is 59.6 Å². The van der Waals surface area contributed by atoms with Gasteiger partial charge in [0.1, 0.15) is 0 Å². The van der Waals surface area contributed by atoms with Gasteiger partial charge in [-0.25, -0.2) is 0 Å². The fourth-order valence-corrected chi connectivity index (χ4v) is 1.88. The Morgan fingerprint density at radius 3 is 2.69 bits per heavy atom. The van der Waals surface area contributed by atoms with E-state index in [1.54, 1.807) is 0 Å². The molecule has 1 fully saturated rings. The molecule has 3 N–H and O–H groups in total. The van der Waals surface area contributed by atoms with E-state index in [0.29, 0.717) is 25.2 Å². The molecule has 0 atom stereocenters. The first-order valence-corrected chi connectivity index (χ1v) is 5.97. The van der Waals surface area contributed by atoms with E-state index in [2.05, 4.69) is 10.3 Å². The zero-order chi connectivity index (χ0) is 10.9. The number of nitrogens with zero attached hydrogens (tertiary/aromatic N) is 1. The van der Waals surface area contributed by atoms with Crippen LogP contribution in [-0.4, -0.2) is 31.8 Å². The quantitative estimate of drug-likeness (QED) is 0.347. The summed E-state index contributed by atoms with van der Waals surface area (Å²) >= 11 is 0. The third kappa shape index (κ3) is 7.27. The first kappa shape index (κ1) is 16.0. The maximum atomic E-state index is 5.77. The molecule has 1 saturated carbocycles. The van der Waals surface area contributed by atoms with Crippen molar-refractivity contribution in [2.45, 2.75) is 45.1 Å². The van der Waals surface area contributed by atoms with Crippen LogP contribution in [0.3, 0.4) is 0 Å². The summed E-state index contributed by atoms with van der Waals surface area (Å²) in [6.07, 6.45) is 6.43. The molecule has 1 aliphatic carbocycles. The van der Waals surface area contributed by atoms with Crippen LogP contribution in [0.5, 0.6) is 0 Å². The maximum absolute atomic E-state index is 5.77. The standard InChI is InChI=1S/C11H23N3O.HI/c1-2-15-9-8-13-11(12)14-10-6-4-3-5-7-10;/h10H,2-9H2,1H3,(H3,12,13,14);1H. The van der Waals surface area contributed by atoms with Crippen LogP contribution < -0.4 is 11.1 Å². The molecule has 96 valence electrons. The third-order valence-corrected chi connectivity index (χ3v) is 2.68.